The summed E-state index contributed by atoms with van der Waals surface area (Å²) < 4.78 is 46.6. The van der Waals surface area contributed by atoms with Gasteiger partial charge >= 0.3 is 5.97 Å². The lowest BCUT2D eigenvalue weighted by Gasteiger charge is -2.42. The smallest absolute Gasteiger partial charge is 0.303 e. The summed E-state index contributed by atoms with van der Waals surface area (Å²) >= 11 is 0. The van der Waals surface area contributed by atoms with E-state index in [0.717, 1.165) is 66.3 Å². The van der Waals surface area contributed by atoms with Gasteiger partial charge in [0, 0.05) is 30.0 Å². The first kappa shape index (κ1) is 33.0. The number of aryl methyl sites for hydroxylation is 1. The van der Waals surface area contributed by atoms with Crippen molar-refractivity contribution >= 4 is 32.5 Å². The van der Waals surface area contributed by atoms with E-state index in [2.05, 4.69) is 63.2 Å². The van der Waals surface area contributed by atoms with Gasteiger partial charge in [-0.3, -0.25) is 9.35 Å². The molecule has 0 fully saturated rings. The molecule has 3 unspecified atom stereocenters. The lowest BCUT2D eigenvalue weighted by molar-refractivity contribution is -0.137. The van der Waals surface area contributed by atoms with Crippen molar-refractivity contribution in [1.29, 1.82) is 0 Å². The van der Waals surface area contributed by atoms with Crippen LogP contribution in [0.2, 0.25) is 0 Å². The molecule has 0 saturated heterocycles. The Hall–Kier alpha value is -3.92. The molecule has 3 aliphatic rings. The first-order chi connectivity index (χ1) is 22.4. The Morgan fingerprint density at radius 2 is 1.89 bits per heavy atom. The topological polar surface area (TPSA) is 113 Å². The third-order valence-corrected chi connectivity index (χ3v) is 10.8. The van der Waals surface area contributed by atoms with E-state index in [9.17, 15) is 22.9 Å². The Labute approximate surface area is 277 Å². The molecule has 248 valence electrons. The van der Waals surface area contributed by atoms with E-state index in [1.165, 1.54) is 28.6 Å². The zero-order chi connectivity index (χ0) is 33.5. The first-order valence-corrected chi connectivity index (χ1v) is 17.9. The number of nitrogens with zero attached hydrogens (tertiary/aromatic N) is 1. The van der Waals surface area contributed by atoms with Gasteiger partial charge in [0.1, 0.15) is 0 Å². The van der Waals surface area contributed by atoms with Crippen LogP contribution in [-0.4, -0.2) is 42.8 Å². The first-order valence-electron chi connectivity index (χ1n) is 16.5. The number of carbonyl (C=O) groups is 1. The summed E-state index contributed by atoms with van der Waals surface area (Å²) in [6, 6.07) is 17.2. The van der Waals surface area contributed by atoms with Crippen molar-refractivity contribution in [3.8, 4) is 5.75 Å². The molecule has 0 aliphatic carbocycles. The van der Waals surface area contributed by atoms with Crippen LogP contribution in [0.1, 0.15) is 76.3 Å². The third kappa shape index (κ3) is 6.24. The highest BCUT2D eigenvalue weighted by Crippen LogP contribution is 2.50. The quantitative estimate of drug-likeness (QED) is 0.148. The fourth-order valence-corrected chi connectivity index (χ4v) is 8.09. The number of carboxylic acids is 1. The van der Waals surface area contributed by atoms with E-state index in [1.807, 2.05) is 4.90 Å². The number of benzene rings is 3. The second-order valence-corrected chi connectivity index (χ2v) is 14.6. The maximum Gasteiger partial charge on any atom is 0.303 e. The molecule has 3 aromatic rings. The average Bonchev–Trinajstić information content (AvgIpc) is 3.42. The highest BCUT2D eigenvalue weighted by Gasteiger charge is 2.43. The SMILES string of the molecule is C=C(C1=CC2=C3Oc4cc(S(=O)(=O)O)ccc4N3CCC2OC1CCC)C(C)(CCCCCC(=O)O)c1c(C)ccc2ccccc12. The van der Waals surface area contributed by atoms with Crippen LogP contribution < -0.4 is 9.64 Å². The Morgan fingerprint density at radius 3 is 2.64 bits per heavy atom. The number of anilines is 1. The van der Waals surface area contributed by atoms with Crippen molar-refractivity contribution in [2.24, 2.45) is 0 Å². The number of rotatable bonds is 12. The maximum absolute atomic E-state index is 11.9. The van der Waals surface area contributed by atoms with Gasteiger partial charge in [-0.2, -0.15) is 8.42 Å². The fraction of sp³-hybridized carbons (Fsp3) is 0.395. The van der Waals surface area contributed by atoms with Crippen LogP contribution in [0.25, 0.3) is 10.8 Å². The van der Waals surface area contributed by atoms with Crippen molar-refractivity contribution in [3.05, 3.63) is 101 Å². The van der Waals surface area contributed by atoms with Crippen molar-refractivity contribution < 1.29 is 32.3 Å². The Bertz CT molecular complexity index is 1910. The van der Waals surface area contributed by atoms with Gasteiger partial charge in [0.05, 0.1) is 22.8 Å². The molecule has 0 aromatic heterocycles. The molecule has 3 aliphatic heterocycles. The van der Waals surface area contributed by atoms with Gasteiger partial charge in [-0.25, -0.2) is 0 Å². The fourth-order valence-electron chi connectivity index (χ4n) is 7.59. The number of aliphatic carboxylic acids is 1. The summed E-state index contributed by atoms with van der Waals surface area (Å²) in [7, 11) is -4.38. The number of carboxylic acid groups (broad SMARTS) is 1. The molecule has 0 radical (unpaired) electrons. The van der Waals surface area contributed by atoms with Crippen molar-refractivity contribution in [2.45, 2.75) is 94.7 Å². The summed E-state index contributed by atoms with van der Waals surface area (Å²) in [4.78, 5) is 13.1. The van der Waals surface area contributed by atoms with Crippen LogP contribution >= 0.6 is 0 Å². The lowest BCUT2D eigenvalue weighted by atomic mass is 9.66. The predicted octanol–water partition coefficient (Wildman–Crippen LogP) is 8.25. The molecule has 0 spiro atoms. The molecule has 0 saturated carbocycles. The highest BCUT2D eigenvalue weighted by molar-refractivity contribution is 7.85. The van der Waals surface area contributed by atoms with Gasteiger partial charge in [0.15, 0.2) is 5.75 Å². The summed E-state index contributed by atoms with van der Waals surface area (Å²) in [6.45, 7) is 12.0. The largest absolute Gasteiger partial charge is 0.481 e. The molecule has 3 atom stereocenters. The second kappa shape index (κ2) is 12.9. The lowest BCUT2D eigenvalue weighted by Crippen LogP contribution is -2.41. The van der Waals surface area contributed by atoms with Gasteiger partial charge in [0.25, 0.3) is 10.1 Å². The zero-order valence-corrected chi connectivity index (χ0v) is 28.1. The molecule has 3 heterocycles. The minimum Gasteiger partial charge on any atom is -0.481 e. The van der Waals surface area contributed by atoms with Crippen LogP contribution in [-0.2, 0) is 25.1 Å². The molecule has 2 N–H and O–H groups in total. The highest BCUT2D eigenvalue weighted by atomic mass is 32.2. The maximum atomic E-state index is 11.9. The Balaban J connectivity index is 1.45. The molecule has 0 amide bonds. The van der Waals surface area contributed by atoms with Gasteiger partial charge < -0.3 is 19.5 Å². The molecule has 6 rings (SSSR count). The van der Waals surface area contributed by atoms with Crippen LogP contribution in [0, 0.1) is 6.92 Å². The normalized spacial score (nSPS) is 20.2. The van der Waals surface area contributed by atoms with E-state index in [4.69, 9.17) is 16.1 Å². The van der Waals surface area contributed by atoms with Gasteiger partial charge in [-0.15, -0.1) is 0 Å². The number of fused-ring (bicyclic) bond motifs is 5. The molecular formula is C38H43NO7S. The minimum atomic E-state index is -4.38. The van der Waals surface area contributed by atoms with E-state index in [0.29, 0.717) is 24.6 Å². The zero-order valence-electron chi connectivity index (χ0n) is 27.3. The van der Waals surface area contributed by atoms with Crippen molar-refractivity contribution in [1.82, 2.24) is 0 Å². The van der Waals surface area contributed by atoms with Crippen LogP contribution in [0.15, 0.2) is 94.8 Å². The predicted molar refractivity (Wildman–Crippen MR) is 183 cm³/mol. The van der Waals surface area contributed by atoms with Gasteiger partial charge in [0.2, 0.25) is 5.88 Å². The average molecular weight is 658 g/mol. The van der Waals surface area contributed by atoms with E-state index < -0.39 is 21.5 Å². The summed E-state index contributed by atoms with van der Waals surface area (Å²) in [5, 5.41) is 11.6. The van der Waals surface area contributed by atoms with Crippen LogP contribution in [0.4, 0.5) is 5.69 Å². The number of unbranched alkanes of at least 4 members (excludes halogenated alkanes) is 2. The number of ether oxygens (including phenoxy) is 2. The van der Waals surface area contributed by atoms with Crippen LogP contribution in [0.5, 0.6) is 5.75 Å². The number of hydrogen-bond acceptors (Lipinski definition) is 6. The monoisotopic (exact) mass is 657 g/mol. The van der Waals surface area contributed by atoms with Crippen molar-refractivity contribution in [3.63, 3.8) is 0 Å². The van der Waals surface area contributed by atoms with Crippen molar-refractivity contribution in [2.75, 3.05) is 11.4 Å². The molecule has 47 heavy (non-hydrogen) atoms. The van der Waals surface area contributed by atoms with Gasteiger partial charge in [-0.05, 0) is 83.9 Å². The van der Waals surface area contributed by atoms with E-state index >= 15 is 0 Å². The Morgan fingerprint density at radius 1 is 1.11 bits per heavy atom. The molecule has 8 nitrogen and oxygen atoms in total. The van der Waals surface area contributed by atoms with E-state index in [-0.39, 0.29) is 23.5 Å². The van der Waals surface area contributed by atoms with Crippen LogP contribution in [0.3, 0.4) is 0 Å². The summed E-state index contributed by atoms with van der Waals surface area (Å²) in [6.07, 6.45) is 7.56. The summed E-state index contributed by atoms with van der Waals surface area (Å²) in [5.41, 5.74) is 5.55. The number of hydrogen-bond donors (Lipinski definition) is 2. The molecular weight excluding hydrogens is 614 g/mol. The molecule has 3 aromatic carbocycles. The standard InChI is InChI=1S/C38H43NO7S/c1-5-11-32-29(23-30-33(45-32)19-21-39-31-18-17-27(47(42,43)44)22-34(31)46-37(30)39)25(3)38(4,20-10-6-7-14-35(40)41)36-24(2)15-16-26-12-8-9-13-28(26)36/h8-9,12-13,15-18,22-23,32-33H,3,5-7,10-11,14,19-21H2,1-2,4H3,(H,40,41)(H,42,43,44). The Kier molecular flexibility index (Phi) is 9.09. The summed E-state index contributed by atoms with van der Waals surface area (Å²) in [5.74, 6) is 0.219. The van der Waals surface area contributed by atoms with Gasteiger partial charge in [-0.1, -0.05) is 76.1 Å². The molecule has 0 bridgehead atoms. The molecule has 9 heteroatoms. The third-order valence-electron chi connectivity index (χ3n) is 9.99. The minimum absolute atomic E-state index is 0.158. The van der Waals surface area contributed by atoms with E-state index in [1.54, 1.807) is 6.07 Å². The second-order valence-electron chi connectivity index (χ2n) is 13.2.